The fraction of sp³-hybridized carbons (Fsp3) is 0.588. The van der Waals surface area contributed by atoms with Crippen LogP contribution in [0.4, 0.5) is 5.82 Å². The predicted octanol–water partition coefficient (Wildman–Crippen LogP) is 0.277. The van der Waals surface area contributed by atoms with Crippen LogP contribution in [-0.2, 0) is 14.8 Å². The van der Waals surface area contributed by atoms with E-state index in [9.17, 15) is 13.2 Å². The van der Waals surface area contributed by atoms with E-state index in [-0.39, 0.29) is 30.2 Å². The molecule has 0 unspecified atom stereocenters. The number of likely N-dealkylation sites (N-methyl/N-ethyl adjacent to an activating group) is 1. The number of fused-ring (bicyclic) bond motifs is 1. The number of sulfonamides is 1. The number of hydrogen-bond acceptors (Lipinski definition) is 6. The zero-order valence-electron chi connectivity index (χ0n) is 15.5. The fourth-order valence-electron chi connectivity index (χ4n) is 3.84. The molecular formula is C17H24N6O3S. The van der Waals surface area contributed by atoms with Gasteiger partial charge in [0.1, 0.15) is 17.8 Å². The molecule has 1 aliphatic carbocycles. The zero-order chi connectivity index (χ0) is 19.2. The molecule has 0 radical (unpaired) electrons. The van der Waals surface area contributed by atoms with Crippen molar-refractivity contribution < 1.29 is 13.2 Å². The maximum Gasteiger partial charge on any atom is 0.237 e. The quantitative estimate of drug-likeness (QED) is 0.784. The average molecular weight is 392 g/mol. The van der Waals surface area contributed by atoms with E-state index in [1.54, 1.807) is 11.9 Å². The minimum absolute atomic E-state index is 0.0404. The Balaban J connectivity index is 1.37. The Hall–Kier alpha value is -2.20. The molecule has 10 heteroatoms. The summed E-state index contributed by atoms with van der Waals surface area (Å²) in [5, 5.41) is 0.965. The maximum absolute atomic E-state index is 12.6. The zero-order valence-corrected chi connectivity index (χ0v) is 16.3. The second-order valence-electron chi connectivity index (χ2n) is 7.47. The highest BCUT2D eigenvalue weighted by Crippen LogP contribution is 2.36. The number of nitrogens with zero attached hydrogens (tertiary/aromatic N) is 5. The number of anilines is 1. The van der Waals surface area contributed by atoms with Crippen molar-refractivity contribution >= 4 is 32.8 Å². The Kier molecular flexibility index (Phi) is 4.55. The van der Waals surface area contributed by atoms with Gasteiger partial charge in [0.25, 0.3) is 0 Å². The van der Waals surface area contributed by atoms with E-state index in [2.05, 4.69) is 19.9 Å². The summed E-state index contributed by atoms with van der Waals surface area (Å²) >= 11 is 0. The number of carbonyl (C=O) groups excluding carboxylic acids is 1. The van der Waals surface area contributed by atoms with E-state index in [1.807, 2.05) is 19.3 Å². The standard InChI is InChI=1S/C17H24N6O3S/c1-21-5-6-23(9-15(21)24)27(25,26)10-12-7-13(8-12)22(2)17-14-3-4-18-16(14)19-11-20-17/h3-4,11-13H,5-10H2,1-2H3,(H,18,19,20). The van der Waals surface area contributed by atoms with Gasteiger partial charge >= 0.3 is 0 Å². The summed E-state index contributed by atoms with van der Waals surface area (Å²) in [5.41, 5.74) is 0.796. The van der Waals surface area contributed by atoms with Crippen molar-refractivity contribution in [1.29, 1.82) is 0 Å². The Morgan fingerprint density at radius 2 is 2.07 bits per heavy atom. The normalized spacial score (nSPS) is 24.2. The van der Waals surface area contributed by atoms with Gasteiger partial charge in [0, 0.05) is 39.4 Å². The molecule has 0 spiro atoms. The van der Waals surface area contributed by atoms with Crippen molar-refractivity contribution in [3.05, 3.63) is 18.6 Å². The number of nitrogens with one attached hydrogen (secondary N) is 1. The van der Waals surface area contributed by atoms with Crippen molar-refractivity contribution in [3.63, 3.8) is 0 Å². The average Bonchev–Trinajstić information content (AvgIpc) is 3.08. The van der Waals surface area contributed by atoms with E-state index in [0.717, 1.165) is 29.7 Å². The molecule has 0 atom stereocenters. The second kappa shape index (κ2) is 6.75. The first-order valence-corrected chi connectivity index (χ1v) is 10.7. The molecule has 9 nitrogen and oxygen atoms in total. The van der Waals surface area contributed by atoms with Crippen LogP contribution in [0.1, 0.15) is 12.8 Å². The van der Waals surface area contributed by atoms with Gasteiger partial charge in [-0.1, -0.05) is 0 Å². The summed E-state index contributed by atoms with van der Waals surface area (Å²) in [5.74, 6) is 0.936. The lowest BCUT2D eigenvalue weighted by Crippen LogP contribution is -2.53. The van der Waals surface area contributed by atoms with Gasteiger partial charge in [-0.2, -0.15) is 4.31 Å². The molecule has 1 saturated carbocycles. The third kappa shape index (κ3) is 3.39. The van der Waals surface area contributed by atoms with Crippen LogP contribution in [0, 0.1) is 5.92 Å². The number of carbonyl (C=O) groups is 1. The molecule has 0 aromatic carbocycles. The molecule has 0 bridgehead atoms. The minimum Gasteiger partial charge on any atom is -0.356 e. The number of aromatic nitrogens is 3. The summed E-state index contributed by atoms with van der Waals surface area (Å²) in [7, 11) is 0.288. The van der Waals surface area contributed by atoms with Gasteiger partial charge < -0.3 is 14.8 Å². The Bertz CT molecular complexity index is 952. The first-order valence-electron chi connectivity index (χ1n) is 9.08. The van der Waals surface area contributed by atoms with Crippen LogP contribution in [0.15, 0.2) is 18.6 Å². The molecule has 1 saturated heterocycles. The van der Waals surface area contributed by atoms with E-state index in [4.69, 9.17) is 0 Å². The van der Waals surface area contributed by atoms with Gasteiger partial charge in [0.05, 0.1) is 17.7 Å². The molecule has 146 valence electrons. The Morgan fingerprint density at radius 1 is 1.30 bits per heavy atom. The molecule has 2 aromatic rings. The van der Waals surface area contributed by atoms with Gasteiger partial charge in [-0.25, -0.2) is 18.4 Å². The van der Waals surface area contributed by atoms with Gasteiger partial charge in [0.15, 0.2) is 0 Å². The van der Waals surface area contributed by atoms with Crippen LogP contribution in [0.25, 0.3) is 11.0 Å². The largest absolute Gasteiger partial charge is 0.356 e. The molecule has 27 heavy (non-hydrogen) atoms. The van der Waals surface area contributed by atoms with Crippen LogP contribution < -0.4 is 4.90 Å². The topological polar surface area (TPSA) is 102 Å². The molecule has 2 fully saturated rings. The summed E-state index contributed by atoms with van der Waals surface area (Å²) in [6.45, 7) is 0.794. The van der Waals surface area contributed by atoms with Crippen LogP contribution in [0.5, 0.6) is 0 Å². The summed E-state index contributed by atoms with van der Waals surface area (Å²) in [6, 6.07) is 2.21. The molecule has 2 aromatic heterocycles. The molecule has 1 aliphatic heterocycles. The van der Waals surface area contributed by atoms with E-state index < -0.39 is 10.0 Å². The highest BCUT2D eigenvalue weighted by atomic mass is 32.2. The van der Waals surface area contributed by atoms with E-state index in [0.29, 0.717) is 13.1 Å². The smallest absolute Gasteiger partial charge is 0.237 e. The van der Waals surface area contributed by atoms with Gasteiger partial charge in [-0.3, -0.25) is 4.79 Å². The van der Waals surface area contributed by atoms with Crippen molar-refractivity contribution in [2.24, 2.45) is 5.92 Å². The highest BCUT2D eigenvalue weighted by molar-refractivity contribution is 7.89. The maximum atomic E-state index is 12.6. The van der Waals surface area contributed by atoms with Crippen LogP contribution in [0.3, 0.4) is 0 Å². The van der Waals surface area contributed by atoms with Gasteiger partial charge in [-0.05, 0) is 24.8 Å². The van der Waals surface area contributed by atoms with E-state index >= 15 is 0 Å². The second-order valence-corrected chi connectivity index (χ2v) is 9.48. The molecule has 1 N–H and O–H groups in total. The number of hydrogen-bond donors (Lipinski definition) is 1. The lowest BCUT2D eigenvalue weighted by atomic mass is 9.81. The first-order chi connectivity index (χ1) is 12.8. The SMILES string of the molecule is CN1CCN(S(=O)(=O)CC2CC(N(C)c3ncnc4[nH]ccc34)C2)CC1=O. The van der Waals surface area contributed by atoms with Gasteiger partial charge in [-0.15, -0.1) is 0 Å². The number of aromatic amines is 1. The monoisotopic (exact) mass is 392 g/mol. The van der Waals surface area contributed by atoms with Crippen molar-refractivity contribution in [2.45, 2.75) is 18.9 Å². The van der Waals surface area contributed by atoms with Crippen LogP contribution >= 0.6 is 0 Å². The lowest BCUT2D eigenvalue weighted by molar-refractivity contribution is -0.132. The first kappa shape index (κ1) is 18.2. The van der Waals surface area contributed by atoms with Crippen molar-refractivity contribution in [2.75, 3.05) is 44.4 Å². The third-order valence-corrected chi connectivity index (χ3v) is 7.68. The number of rotatable bonds is 5. The fourth-order valence-corrected chi connectivity index (χ4v) is 5.59. The van der Waals surface area contributed by atoms with Crippen molar-refractivity contribution in [1.82, 2.24) is 24.2 Å². The molecule has 3 heterocycles. The highest BCUT2D eigenvalue weighted by Gasteiger charge is 2.39. The van der Waals surface area contributed by atoms with Crippen LogP contribution in [-0.4, -0.2) is 84.0 Å². The Labute approximate surface area is 158 Å². The van der Waals surface area contributed by atoms with Crippen molar-refractivity contribution in [3.8, 4) is 0 Å². The third-order valence-electron chi connectivity index (χ3n) is 5.69. The molecule has 1 amide bonds. The molecular weight excluding hydrogens is 368 g/mol. The predicted molar refractivity (Wildman–Crippen MR) is 102 cm³/mol. The van der Waals surface area contributed by atoms with E-state index in [1.165, 1.54) is 10.6 Å². The number of H-pyrrole nitrogens is 1. The van der Waals surface area contributed by atoms with Crippen LogP contribution in [0.2, 0.25) is 0 Å². The summed E-state index contributed by atoms with van der Waals surface area (Å²) < 4.78 is 26.6. The Morgan fingerprint density at radius 3 is 2.81 bits per heavy atom. The van der Waals surface area contributed by atoms with Gasteiger partial charge in [0.2, 0.25) is 15.9 Å². The summed E-state index contributed by atoms with van der Waals surface area (Å²) in [6.07, 6.45) is 4.97. The molecule has 4 rings (SSSR count). The minimum atomic E-state index is -3.40. The number of piperazine rings is 1. The molecule has 2 aliphatic rings. The lowest BCUT2D eigenvalue weighted by Gasteiger charge is -2.42. The number of amides is 1. The summed E-state index contributed by atoms with van der Waals surface area (Å²) in [4.78, 5) is 27.2.